The number of sulfone groups is 2. The lowest BCUT2D eigenvalue weighted by atomic mass is 10.4. The zero-order valence-corrected chi connectivity index (χ0v) is 17.2. The standard InChI is InChI=1S/C13H9Br3O4S2/c14-13(15,16)22(19,20)12-9-5-4-8-11(12)21(17,18)10-6-2-1-3-7-10/h1-9H. The predicted molar refractivity (Wildman–Crippen MR) is 95.0 cm³/mol. The van der Waals surface area contributed by atoms with Gasteiger partial charge in [0.15, 0.2) is 0 Å². The van der Waals surface area contributed by atoms with E-state index in [-0.39, 0.29) is 14.7 Å². The van der Waals surface area contributed by atoms with Gasteiger partial charge in [-0.2, -0.15) is 0 Å². The Bertz CT molecular complexity index is 886. The number of halogens is 3. The van der Waals surface area contributed by atoms with Gasteiger partial charge in [0.2, 0.25) is 21.1 Å². The van der Waals surface area contributed by atoms with Crippen LogP contribution >= 0.6 is 47.8 Å². The third-order valence-corrected chi connectivity index (χ3v) is 10.1. The lowest BCUT2D eigenvalue weighted by molar-refractivity contribution is 0.584. The molecule has 2 aromatic carbocycles. The molecule has 0 aliphatic rings. The van der Waals surface area contributed by atoms with Crippen molar-refractivity contribution in [1.29, 1.82) is 0 Å². The van der Waals surface area contributed by atoms with Crippen molar-refractivity contribution in [3.05, 3.63) is 54.6 Å². The van der Waals surface area contributed by atoms with Crippen LogP contribution in [0.1, 0.15) is 0 Å². The largest absolute Gasteiger partial charge is 0.239 e. The summed E-state index contributed by atoms with van der Waals surface area (Å²) < 4.78 is 48.9. The van der Waals surface area contributed by atoms with E-state index in [0.29, 0.717) is 0 Å². The van der Waals surface area contributed by atoms with Crippen LogP contribution in [0.3, 0.4) is 0 Å². The zero-order chi connectivity index (χ0) is 16.6. The Balaban J connectivity index is 2.76. The summed E-state index contributed by atoms with van der Waals surface area (Å²) in [6, 6.07) is 13.1. The van der Waals surface area contributed by atoms with Gasteiger partial charge in [0.25, 0.3) is 0 Å². The maximum atomic E-state index is 12.7. The Morgan fingerprint density at radius 3 is 1.64 bits per heavy atom. The van der Waals surface area contributed by atoms with Gasteiger partial charge in [-0.15, -0.1) is 0 Å². The molecule has 0 saturated heterocycles. The lowest BCUT2D eigenvalue weighted by Gasteiger charge is -2.16. The maximum Gasteiger partial charge on any atom is 0.239 e. The predicted octanol–water partition coefficient (Wildman–Crippen LogP) is 4.09. The fourth-order valence-corrected chi connectivity index (χ4v) is 6.17. The molecule has 0 aromatic heterocycles. The second-order valence-corrected chi connectivity index (χ2v) is 16.5. The van der Waals surface area contributed by atoms with Crippen LogP contribution in [-0.4, -0.2) is 18.3 Å². The molecule has 9 heteroatoms. The molecule has 0 atom stereocenters. The summed E-state index contributed by atoms with van der Waals surface area (Å²) in [5, 5.41) is 0. The fourth-order valence-electron chi connectivity index (χ4n) is 1.75. The molecule has 0 heterocycles. The second kappa shape index (κ2) is 6.35. The van der Waals surface area contributed by atoms with Crippen LogP contribution in [-0.2, 0) is 19.7 Å². The van der Waals surface area contributed by atoms with E-state index in [9.17, 15) is 16.8 Å². The van der Waals surface area contributed by atoms with Crippen molar-refractivity contribution in [2.45, 2.75) is 16.2 Å². The van der Waals surface area contributed by atoms with E-state index < -0.39 is 21.1 Å². The van der Waals surface area contributed by atoms with Gasteiger partial charge in [0.05, 0.1) is 14.7 Å². The van der Waals surface area contributed by atoms with Crippen molar-refractivity contribution >= 4 is 67.5 Å². The van der Waals surface area contributed by atoms with E-state index in [4.69, 9.17) is 0 Å². The summed E-state index contributed by atoms with van der Waals surface area (Å²) in [5.41, 5.74) is 0. The first-order chi connectivity index (χ1) is 10.1. The first kappa shape index (κ1) is 18.1. The fraction of sp³-hybridized carbons (Fsp3) is 0.0769. The highest BCUT2D eigenvalue weighted by atomic mass is 80.0. The summed E-state index contributed by atoms with van der Waals surface area (Å²) in [6.07, 6.45) is 0. The number of alkyl halides is 3. The average Bonchev–Trinajstić information content (AvgIpc) is 2.47. The molecule has 0 aliphatic carbocycles. The van der Waals surface area contributed by atoms with E-state index in [2.05, 4.69) is 47.8 Å². The number of benzene rings is 2. The zero-order valence-electron chi connectivity index (χ0n) is 10.8. The molecule has 0 radical (unpaired) electrons. The summed E-state index contributed by atoms with van der Waals surface area (Å²) in [4.78, 5) is -0.546. The van der Waals surface area contributed by atoms with Crippen molar-refractivity contribution in [3.63, 3.8) is 0 Å². The van der Waals surface area contributed by atoms with Crippen LogP contribution in [0, 0.1) is 0 Å². The van der Waals surface area contributed by atoms with Gasteiger partial charge in [0, 0.05) is 0 Å². The van der Waals surface area contributed by atoms with E-state index in [1.54, 1.807) is 18.2 Å². The summed E-state index contributed by atoms with van der Waals surface area (Å²) >= 11 is 8.83. The van der Waals surface area contributed by atoms with E-state index >= 15 is 0 Å². The Morgan fingerprint density at radius 2 is 1.14 bits per heavy atom. The average molecular weight is 533 g/mol. The van der Waals surface area contributed by atoms with Gasteiger partial charge >= 0.3 is 0 Å². The molecule has 2 aromatic rings. The topological polar surface area (TPSA) is 68.3 Å². The Kier molecular flexibility index (Phi) is 5.23. The molecule has 0 spiro atoms. The molecule has 2 rings (SSSR count). The SMILES string of the molecule is O=S(=O)(c1ccccc1)c1ccccc1S(=O)(=O)C(Br)(Br)Br. The van der Waals surface area contributed by atoms with Gasteiger partial charge in [-0.05, 0) is 72.1 Å². The Morgan fingerprint density at radius 1 is 0.682 bits per heavy atom. The summed E-state index contributed by atoms with van der Waals surface area (Å²) in [5.74, 6) is 0. The van der Waals surface area contributed by atoms with Crippen LogP contribution in [0.5, 0.6) is 0 Å². The lowest BCUT2D eigenvalue weighted by Crippen LogP contribution is -2.20. The molecule has 22 heavy (non-hydrogen) atoms. The van der Waals surface area contributed by atoms with Crippen molar-refractivity contribution in [1.82, 2.24) is 0 Å². The number of hydrogen-bond acceptors (Lipinski definition) is 4. The molecule has 0 unspecified atom stereocenters. The minimum Gasteiger partial charge on any atom is -0.220 e. The van der Waals surface area contributed by atoms with Crippen molar-refractivity contribution in [2.24, 2.45) is 0 Å². The van der Waals surface area contributed by atoms with Crippen LogP contribution < -0.4 is 0 Å². The number of hydrogen-bond donors (Lipinski definition) is 0. The monoisotopic (exact) mass is 530 g/mol. The highest BCUT2D eigenvalue weighted by Crippen LogP contribution is 2.45. The van der Waals surface area contributed by atoms with Crippen LogP contribution in [0.15, 0.2) is 69.3 Å². The molecule has 4 nitrogen and oxygen atoms in total. The van der Waals surface area contributed by atoms with Gasteiger partial charge in [0.1, 0.15) is 0 Å². The van der Waals surface area contributed by atoms with E-state index in [0.717, 1.165) is 0 Å². The van der Waals surface area contributed by atoms with Gasteiger partial charge in [-0.3, -0.25) is 0 Å². The first-order valence-corrected chi connectivity index (χ1v) is 11.1. The van der Waals surface area contributed by atoms with Crippen molar-refractivity contribution in [3.8, 4) is 0 Å². The Hall–Kier alpha value is -0.220. The minimum absolute atomic E-state index is 0.0296. The maximum absolute atomic E-state index is 12.7. The highest BCUT2D eigenvalue weighted by molar-refractivity contribution is 9.42. The first-order valence-electron chi connectivity index (χ1n) is 5.79. The molecule has 118 valence electrons. The third-order valence-electron chi connectivity index (χ3n) is 2.79. The summed E-state index contributed by atoms with van der Waals surface area (Å²) in [7, 11) is -7.98. The summed E-state index contributed by atoms with van der Waals surface area (Å²) in [6.45, 7) is 0. The molecule has 0 fully saturated rings. The minimum atomic E-state index is -4.03. The molecule has 0 aliphatic heterocycles. The van der Waals surface area contributed by atoms with Crippen molar-refractivity contribution < 1.29 is 16.8 Å². The van der Waals surface area contributed by atoms with Crippen LogP contribution in [0.2, 0.25) is 0 Å². The van der Waals surface area contributed by atoms with Gasteiger partial charge in [-0.25, -0.2) is 16.8 Å². The van der Waals surface area contributed by atoms with Gasteiger partial charge < -0.3 is 0 Å². The van der Waals surface area contributed by atoms with E-state index in [1.807, 2.05) is 0 Å². The second-order valence-electron chi connectivity index (χ2n) is 4.21. The number of rotatable bonds is 3. The molecule has 0 N–H and O–H groups in total. The molecule has 0 amide bonds. The smallest absolute Gasteiger partial charge is 0.220 e. The quantitative estimate of drug-likeness (QED) is 0.558. The van der Waals surface area contributed by atoms with Crippen molar-refractivity contribution in [2.75, 3.05) is 0 Å². The third kappa shape index (κ3) is 3.33. The van der Waals surface area contributed by atoms with E-state index in [1.165, 1.54) is 36.4 Å². The molecular weight excluding hydrogens is 524 g/mol. The highest BCUT2D eigenvalue weighted by Gasteiger charge is 2.40. The Labute approximate surface area is 154 Å². The molecule has 0 saturated carbocycles. The van der Waals surface area contributed by atoms with Crippen LogP contribution in [0.4, 0.5) is 0 Å². The van der Waals surface area contributed by atoms with Crippen LogP contribution in [0.25, 0.3) is 0 Å². The van der Waals surface area contributed by atoms with Gasteiger partial charge in [-0.1, -0.05) is 30.3 Å². The normalized spacial score (nSPS) is 13.0. The molecular formula is C13H9Br3O4S2. The molecule has 0 bridgehead atoms.